The molecule has 124 valence electrons. The third-order valence-electron chi connectivity index (χ3n) is 3.78. The molecule has 0 spiro atoms. The van der Waals surface area contributed by atoms with Gasteiger partial charge in [-0.05, 0) is 32.2 Å². The second-order valence-electron chi connectivity index (χ2n) is 6.89. The fourth-order valence-corrected chi connectivity index (χ4v) is 3.64. The highest BCUT2D eigenvalue weighted by molar-refractivity contribution is 7.17. The van der Waals surface area contributed by atoms with E-state index in [0.29, 0.717) is 6.54 Å². The molecule has 7 heteroatoms. The third-order valence-corrected chi connectivity index (χ3v) is 4.68. The summed E-state index contributed by atoms with van der Waals surface area (Å²) in [7, 11) is 0. The first kappa shape index (κ1) is 16.1. The molecule has 0 aliphatic carbocycles. The lowest BCUT2D eigenvalue weighted by Crippen LogP contribution is -2.52. The van der Waals surface area contributed by atoms with E-state index >= 15 is 0 Å². The van der Waals surface area contributed by atoms with Gasteiger partial charge in [0.05, 0.1) is 16.8 Å². The highest BCUT2D eigenvalue weighted by atomic mass is 32.1. The van der Waals surface area contributed by atoms with Crippen LogP contribution in [0.15, 0.2) is 17.8 Å². The largest absolute Gasteiger partial charge is 0.353 e. The highest BCUT2D eigenvalue weighted by Crippen LogP contribution is 2.28. The molecule has 0 bridgehead atoms. The lowest BCUT2D eigenvalue weighted by atomic mass is 10.1. The van der Waals surface area contributed by atoms with Crippen LogP contribution in [0.3, 0.4) is 0 Å². The molecule has 1 aliphatic heterocycles. The van der Waals surface area contributed by atoms with E-state index in [1.54, 1.807) is 17.7 Å². The van der Waals surface area contributed by atoms with Crippen LogP contribution >= 0.6 is 11.3 Å². The van der Waals surface area contributed by atoms with E-state index in [4.69, 9.17) is 0 Å². The zero-order valence-corrected chi connectivity index (χ0v) is 14.7. The predicted molar refractivity (Wildman–Crippen MR) is 94.0 cm³/mol. The molecule has 3 heterocycles. The predicted octanol–water partition coefficient (Wildman–Crippen LogP) is 1.73. The van der Waals surface area contributed by atoms with Crippen molar-refractivity contribution in [1.29, 1.82) is 0 Å². The Balaban J connectivity index is 1.58. The van der Waals surface area contributed by atoms with Crippen molar-refractivity contribution in [2.45, 2.75) is 26.3 Å². The molecule has 2 aromatic heterocycles. The zero-order chi connectivity index (χ0) is 16.4. The molecule has 23 heavy (non-hydrogen) atoms. The molecular weight excluding hydrogens is 310 g/mol. The first-order valence-electron chi connectivity index (χ1n) is 7.89. The minimum absolute atomic E-state index is 0.0913. The van der Waals surface area contributed by atoms with Crippen molar-refractivity contribution in [3.63, 3.8) is 0 Å². The minimum atomic E-state index is -0.176. The summed E-state index contributed by atoms with van der Waals surface area (Å²) < 4.78 is 1.14. The molecule has 1 amide bonds. The van der Waals surface area contributed by atoms with Crippen molar-refractivity contribution in [1.82, 2.24) is 20.2 Å². The van der Waals surface area contributed by atoms with Gasteiger partial charge in [-0.1, -0.05) is 0 Å². The Hall–Kier alpha value is -1.73. The van der Waals surface area contributed by atoms with Crippen LogP contribution in [0.5, 0.6) is 0 Å². The summed E-state index contributed by atoms with van der Waals surface area (Å²) in [5.74, 6) is 1.11. The summed E-state index contributed by atoms with van der Waals surface area (Å²) in [6.07, 6.45) is 1.63. The number of nitrogens with zero attached hydrogens (tertiary/aromatic N) is 4. The molecule has 0 saturated carbocycles. The molecule has 0 unspecified atom stereocenters. The Bertz CT molecular complexity index is 685. The number of rotatable bonds is 3. The quantitative estimate of drug-likeness (QED) is 0.927. The average molecular weight is 333 g/mol. The smallest absolute Gasteiger partial charge is 0.234 e. The van der Waals surface area contributed by atoms with E-state index in [9.17, 15) is 4.79 Å². The highest BCUT2D eigenvalue weighted by Gasteiger charge is 2.23. The Morgan fingerprint density at radius 1 is 1.26 bits per heavy atom. The fourth-order valence-electron chi connectivity index (χ4n) is 2.78. The Labute approximate surface area is 140 Å². The van der Waals surface area contributed by atoms with Gasteiger partial charge in [0, 0.05) is 31.7 Å². The van der Waals surface area contributed by atoms with Crippen molar-refractivity contribution < 1.29 is 4.79 Å². The summed E-state index contributed by atoms with van der Waals surface area (Å²) >= 11 is 1.68. The van der Waals surface area contributed by atoms with Gasteiger partial charge in [-0.3, -0.25) is 9.69 Å². The van der Waals surface area contributed by atoms with Gasteiger partial charge < -0.3 is 10.2 Å². The molecule has 3 rings (SSSR count). The molecule has 0 atom stereocenters. The lowest BCUT2D eigenvalue weighted by Gasteiger charge is -2.35. The topological polar surface area (TPSA) is 61.4 Å². The summed E-state index contributed by atoms with van der Waals surface area (Å²) in [5, 5.41) is 5.07. The van der Waals surface area contributed by atoms with Gasteiger partial charge in [0.25, 0.3) is 0 Å². The fraction of sp³-hybridized carbons (Fsp3) is 0.562. The van der Waals surface area contributed by atoms with Gasteiger partial charge in [-0.2, -0.15) is 0 Å². The molecule has 0 radical (unpaired) electrons. The molecule has 1 N–H and O–H groups in total. The van der Waals surface area contributed by atoms with Crippen LogP contribution in [0.25, 0.3) is 10.2 Å². The normalized spacial score (nSPS) is 16.7. The van der Waals surface area contributed by atoms with Gasteiger partial charge in [0.1, 0.15) is 12.1 Å². The number of fused-ring (bicyclic) bond motifs is 1. The number of carbonyl (C=O) groups is 1. The third kappa shape index (κ3) is 3.97. The van der Waals surface area contributed by atoms with Crippen LogP contribution < -0.4 is 10.2 Å². The lowest BCUT2D eigenvalue weighted by molar-refractivity contribution is -0.123. The number of amides is 1. The van der Waals surface area contributed by atoms with Crippen LogP contribution in [0.4, 0.5) is 5.82 Å². The maximum Gasteiger partial charge on any atom is 0.234 e. The first-order valence-corrected chi connectivity index (χ1v) is 8.77. The Kier molecular flexibility index (Phi) is 4.50. The van der Waals surface area contributed by atoms with Gasteiger partial charge in [-0.15, -0.1) is 11.3 Å². The van der Waals surface area contributed by atoms with Crippen molar-refractivity contribution in [3.8, 4) is 0 Å². The summed E-state index contributed by atoms with van der Waals surface area (Å²) in [6.45, 7) is 9.98. The van der Waals surface area contributed by atoms with Crippen LogP contribution in [0, 0.1) is 0 Å². The number of thiophene rings is 1. The Morgan fingerprint density at radius 2 is 2.00 bits per heavy atom. The number of hydrogen-bond acceptors (Lipinski definition) is 6. The van der Waals surface area contributed by atoms with Crippen molar-refractivity contribution >= 4 is 33.3 Å². The van der Waals surface area contributed by atoms with E-state index in [1.807, 2.05) is 26.8 Å². The number of aromatic nitrogens is 2. The molecule has 1 saturated heterocycles. The second-order valence-corrected chi connectivity index (χ2v) is 7.81. The monoisotopic (exact) mass is 333 g/mol. The van der Waals surface area contributed by atoms with Crippen molar-refractivity contribution in [2.24, 2.45) is 0 Å². The van der Waals surface area contributed by atoms with Crippen molar-refractivity contribution in [3.05, 3.63) is 17.8 Å². The SMILES string of the molecule is CC(C)(C)NC(=O)CN1CCN(c2ncnc3ccsc23)CC1. The molecule has 1 fully saturated rings. The summed E-state index contributed by atoms with van der Waals surface area (Å²) in [5.41, 5.74) is 0.831. The van der Waals surface area contributed by atoms with Crippen LogP contribution in [0.1, 0.15) is 20.8 Å². The van der Waals surface area contributed by atoms with E-state index in [-0.39, 0.29) is 11.4 Å². The number of carbonyl (C=O) groups excluding carboxylic acids is 1. The standard InChI is InChI=1S/C16H23N5OS/c1-16(2,3)19-13(22)10-20-5-7-21(8-6-20)15-14-12(4-9-23-14)17-11-18-15/h4,9,11H,5-8,10H2,1-3H3,(H,19,22). The molecule has 6 nitrogen and oxygen atoms in total. The molecule has 0 aromatic carbocycles. The van der Waals surface area contributed by atoms with E-state index in [0.717, 1.165) is 42.2 Å². The van der Waals surface area contributed by atoms with Gasteiger partial charge in [0.15, 0.2) is 0 Å². The molecule has 2 aromatic rings. The van der Waals surface area contributed by atoms with E-state index in [2.05, 4.69) is 30.5 Å². The van der Waals surface area contributed by atoms with Gasteiger partial charge >= 0.3 is 0 Å². The Morgan fingerprint density at radius 3 is 2.70 bits per heavy atom. The number of nitrogens with one attached hydrogen (secondary N) is 1. The number of anilines is 1. The number of hydrogen-bond donors (Lipinski definition) is 1. The van der Waals surface area contributed by atoms with E-state index < -0.39 is 0 Å². The molecular formula is C16H23N5OS. The van der Waals surface area contributed by atoms with Gasteiger partial charge in [0.2, 0.25) is 5.91 Å². The van der Waals surface area contributed by atoms with Gasteiger partial charge in [-0.25, -0.2) is 9.97 Å². The first-order chi connectivity index (χ1) is 10.9. The average Bonchev–Trinajstić information content (AvgIpc) is 2.94. The zero-order valence-electron chi connectivity index (χ0n) is 13.9. The second kappa shape index (κ2) is 6.41. The maximum absolute atomic E-state index is 12.0. The summed E-state index contributed by atoms with van der Waals surface area (Å²) in [4.78, 5) is 25.3. The molecule has 1 aliphatic rings. The van der Waals surface area contributed by atoms with E-state index in [1.165, 1.54) is 0 Å². The maximum atomic E-state index is 12.0. The van der Waals surface area contributed by atoms with Crippen molar-refractivity contribution in [2.75, 3.05) is 37.6 Å². The summed E-state index contributed by atoms with van der Waals surface area (Å²) in [6, 6.07) is 2.03. The minimum Gasteiger partial charge on any atom is -0.353 e. The van der Waals surface area contributed by atoms with Crippen LogP contribution in [0.2, 0.25) is 0 Å². The number of piperazine rings is 1. The van der Waals surface area contributed by atoms with Crippen LogP contribution in [-0.4, -0.2) is 59.0 Å². The van der Waals surface area contributed by atoms with Crippen LogP contribution in [-0.2, 0) is 4.79 Å².